The van der Waals surface area contributed by atoms with Gasteiger partial charge in [0.1, 0.15) is 0 Å². The molecule has 0 aromatic heterocycles. The van der Waals surface area contributed by atoms with Crippen LogP contribution in [0.25, 0.3) is 0 Å². The zero-order valence-corrected chi connectivity index (χ0v) is 10.8. The van der Waals surface area contributed by atoms with Crippen LogP contribution < -0.4 is 0 Å². The summed E-state index contributed by atoms with van der Waals surface area (Å²) in [5, 5.41) is 0. The van der Waals surface area contributed by atoms with Gasteiger partial charge in [-0.05, 0) is 43.1 Å². The molecule has 0 aromatic carbocycles. The van der Waals surface area contributed by atoms with Gasteiger partial charge in [-0.25, -0.2) is 0 Å². The summed E-state index contributed by atoms with van der Waals surface area (Å²) >= 11 is 16.9. The first kappa shape index (κ1) is 13.4. The van der Waals surface area contributed by atoms with Gasteiger partial charge in [0, 0.05) is 4.58 Å². The number of hydrogen-bond donors (Lipinski definition) is 4. The van der Waals surface area contributed by atoms with E-state index in [-0.39, 0.29) is 4.58 Å². The highest BCUT2D eigenvalue weighted by Gasteiger charge is 2.07. The summed E-state index contributed by atoms with van der Waals surface area (Å²) < 4.78 is 0.229. The summed E-state index contributed by atoms with van der Waals surface area (Å²) in [7, 11) is 0. The summed E-state index contributed by atoms with van der Waals surface area (Å²) in [6, 6.07) is 0. The fraction of sp³-hybridized carbons (Fsp3) is 1.00. The first-order valence-electron chi connectivity index (χ1n) is 4.28. The van der Waals surface area contributed by atoms with Gasteiger partial charge in [-0.15, -0.1) is 0 Å². The van der Waals surface area contributed by atoms with Crippen LogP contribution in [0.2, 0.25) is 0 Å². The van der Waals surface area contributed by atoms with E-state index in [2.05, 4.69) is 50.5 Å². The van der Waals surface area contributed by atoms with Crippen molar-refractivity contribution < 1.29 is 0 Å². The molecule has 0 unspecified atom stereocenters. The Morgan fingerprint density at radius 2 is 1.25 bits per heavy atom. The Labute approximate surface area is 97.9 Å². The highest BCUT2D eigenvalue weighted by molar-refractivity contribution is 7.99. The second-order valence-corrected chi connectivity index (χ2v) is 5.50. The van der Waals surface area contributed by atoms with Gasteiger partial charge in [0.05, 0.1) is 0 Å². The van der Waals surface area contributed by atoms with Crippen LogP contribution >= 0.6 is 50.5 Å². The minimum absolute atomic E-state index is 0.229. The maximum Gasteiger partial charge on any atom is 0.0442 e. The normalized spacial score (nSPS) is 11.5. The van der Waals surface area contributed by atoms with Gasteiger partial charge in [0.15, 0.2) is 0 Å². The molecule has 0 bridgehead atoms. The van der Waals surface area contributed by atoms with E-state index in [1.165, 1.54) is 19.3 Å². The fourth-order valence-electron chi connectivity index (χ4n) is 1.18. The third kappa shape index (κ3) is 8.02. The van der Waals surface area contributed by atoms with Crippen LogP contribution in [0.1, 0.15) is 25.7 Å². The van der Waals surface area contributed by atoms with Gasteiger partial charge in [0.25, 0.3) is 0 Å². The lowest BCUT2D eigenvalue weighted by Gasteiger charge is -2.15. The molecule has 0 saturated carbocycles. The Balaban J connectivity index is 3.48. The molecule has 0 rings (SSSR count). The van der Waals surface area contributed by atoms with Crippen LogP contribution in [-0.4, -0.2) is 16.1 Å². The Bertz CT molecular complexity index is 89.1. The van der Waals surface area contributed by atoms with Crippen LogP contribution in [0.4, 0.5) is 0 Å². The van der Waals surface area contributed by atoms with Gasteiger partial charge in [-0.3, -0.25) is 0 Å². The molecule has 0 heterocycles. The monoisotopic (exact) mass is 242 g/mol. The maximum atomic E-state index is 4.23. The molecule has 0 amide bonds. The fourth-order valence-corrected chi connectivity index (χ4v) is 2.21. The molecule has 4 heteroatoms. The number of rotatable bonds is 7. The number of thiol groups is 4. The van der Waals surface area contributed by atoms with Gasteiger partial charge in [-0.2, -0.15) is 50.5 Å². The topological polar surface area (TPSA) is 0 Å². The van der Waals surface area contributed by atoms with E-state index in [1.54, 1.807) is 0 Å². The zero-order chi connectivity index (χ0) is 9.40. The average Bonchev–Trinajstić information content (AvgIpc) is 2.01. The van der Waals surface area contributed by atoms with Crippen molar-refractivity contribution in [2.45, 2.75) is 30.3 Å². The maximum absolute atomic E-state index is 4.23. The van der Waals surface area contributed by atoms with Crippen molar-refractivity contribution in [1.29, 1.82) is 0 Å². The highest BCUT2D eigenvalue weighted by Crippen LogP contribution is 2.20. The second-order valence-electron chi connectivity index (χ2n) is 2.95. The van der Waals surface area contributed by atoms with E-state index in [0.29, 0.717) is 0 Å². The molecule has 0 aliphatic carbocycles. The highest BCUT2D eigenvalue weighted by atomic mass is 32.2. The lowest BCUT2D eigenvalue weighted by Crippen LogP contribution is -2.04. The molecule has 0 aliphatic heterocycles. The zero-order valence-electron chi connectivity index (χ0n) is 7.19. The smallest absolute Gasteiger partial charge is 0.0442 e. The van der Waals surface area contributed by atoms with Crippen molar-refractivity contribution in [3.05, 3.63) is 0 Å². The van der Waals surface area contributed by atoms with Crippen molar-refractivity contribution >= 4 is 50.5 Å². The van der Waals surface area contributed by atoms with E-state index in [0.717, 1.165) is 23.8 Å². The standard InChI is InChI=1S/C8H18S4/c9-5-3-7(4-6-10)1-2-8(11)12/h7-12H,1-6H2. The summed E-state index contributed by atoms with van der Waals surface area (Å²) in [6.07, 6.45) is 4.67. The molecule has 0 atom stereocenters. The van der Waals surface area contributed by atoms with Crippen LogP contribution in [-0.2, 0) is 0 Å². The van der Waals surface area contributed by atoms with E-state index < -0.39 is 0 Å². The summed E-state index contributed by atoms with van der Waals surface area (Å²) in [5.41, 5.74) is 0. The van der Waals surface area contributed by atoms with Gasteiger partial charge >= 0.3 is 0 Å². The summed E-state index contributed by atoms with van der Waals surface area (Å²) in [5.74, 6) is 2.71. The predicted octanol–water partition coefficient (Wildman–Crippen LogP) is 3.21. The Hall–Kier alpha value is 1.40. The number of hydrogen-bond acceptors (Lipinski definition) is 4. The van der Waals surface area contributed by atoms with Crippen LogP contribution in [0, 0.1) is 5.92 Å². The average molecular weight is 243 g/mol. The molecule has 0 aliphatic rings. The van der Waals surface area contributed by atoms with Gasteiger partial charge < -0.3 is 0 Å². The molecule has 0 spiro atoms. The quantitative estimate of drug-likeness (QED) is 0.382. The molecular weight excluding hydrogens is 224 g/mol. The molecule has 74 valence electrons. The molecule has 0 aromatic rings. The molecule has 0 nitrogen and oxygen atoms in total. The predicted molar refractivity (Wildman–Crippen MR) is 71.4 cm³/mol. The van der Waals surface area contributed by atoms with Crippen LogP contribution in [0.3, 0.4) is 0 Å². The van der Waals surface area contributed by atoms with Crippen LogP contribution in [0.15, 0.2) is 0 Å². The Morgan fingerprint density at radius 1 is 0.750 bits per heavy atom. The van der Waals surface area contributed by atoms with Crippen molar-refractivity contribution in [1.82, 2.24) is 0 Å². The SMILES string of the molecule is SCCC(CCS)CCC(S)S. The second kappa shape index (κ2) is 8.97. The minimum atomic E-state index is 0.229. The Morgan fingerprint density at radius 3 is 1.58 bits per heavy atom. The van der Waals surface area contributed by atoms with Crippen molar-refractivity contribution in [2.75, 3.05) is 11.5 Å². The molecule has 0 N–H and O–H groups in total. The first-order chi connectivity index (χ1) is 5.70. The van der Waals surface area contributed by atoms with E-state index in [9.17, 15) is 0 Å². The summed E-state index contributed by atoms with van der Waals surface area (Å²) in [6.45, 7) is 0. The van der Waals surface area contributed by atoms with Gasteiger partial charge in [0.2, 0.25) is 0 Å². The lowest BCUT2D eigenvalue weighted by atomic mass is 9.98. The molecule has 12 heavy (non-hydrogen) atoms. The van der Waals surface area contributed by atoms with E-state index in [4.69, 9.17) is 0 Å². The first-order valence-corrected chi connectivity index (χ1v) is 6.58. The summed E-state index contributed by atoms with van der Waals surface area (Å²) in [4.78, 5) is 0. The third-order valence-electron chi connectivity index (χ3n) is 1.91. The largest absolute Gasteiger partial charge is 0.179 e. The molecule has 0 radical (unpaired) electrons. The van der Waals surface area contributed by atoms with Gasteiger partial charge in [-0.1, -0.05) is 0 Å². The Kier molecular flexibility index (Phi) is 10.0. The molecule has 0 fully saturated rings. The molecular formula is C8H18S4. The van der Waals surface area contributed by atoms with Crippen molar-refractivity contribution in [3.8, 4) is 0 Å². The van der Waals surface area contributed by atoms with Crippen molar-refractivity contribution in [3.63, 3.8) is 0 Å². The lowest BCUT2D eigenvalue weighted by molar-refractivity contribution is 0.457. The van der Waals surface area contributed by atoms with E-state index in [1.807, 2.05) is 0 Å². The van der Waals surface area contributed by atoms with Crippen LogP contribution in [0.5, 0.6) is 0 Å². The van der Waals surface area contributed by atoms with E-state index >= 15 is 0 Å². The third-order valence-corrected chi connectivity index (χ3v) is 2.94. The molecule has 0 saturated heterocycles. The van der Waals surface area contributed by atoms with Crippen molar-refractivity contribution in [2.24, 2.45) is 5.92 Å². The minimum Gasteiger partial charge on any atom is -0.179 e.